The van der Waals surface area contributed by atoms with Gasteiger partial charge in [0.25, 0.3) is 0 Å². The van der Waals surface area contributed by atoms with Crippen molar-refractivity contribution in [3.63, 3.8) is 0 Å². The lowest BCUT2D eigenvalue weighted by Crippen LogP contribution is -2.09. The normalized spacial score (nSPS) is 13.1. The van der Waals surface area contributed by atoms with Crippen molar-refractivity contribution in [2.45, 2.75) is 13.7 Å². The molecule has 0 N–H and O–H groups in total. The standard InChI is InChI=1S/C14H21BrN2OS/c1-11-9-17(10-18-7-8-19(2,3)4)14-13(11)12(15)5-6-16-14/h5-6,9H,7-8,10H2,1-4H3. The maximum atomic E-state index is 5.79. The van der Waals surface area contributed by atoms with Crippen LogP contribution in [0, 0.1) is 6.92 Å². The quantitative estimate of drug-likeness (QED) is 0.772. The molecule has 0 atom stereocenters. The van der Waals surface area contributed by atoms with Crippen molar-refractivity contribution < 1.29 is 4.74 Å². The molecule has 106 valence electrons. The molecule has 19 heavy (non-hydrogen) atoms. The molecule has 0 aromatic carbocycles. The first-order chi connectivity index (χ1) is 8.88. The number of hydrogen-bond donors (Lipinski definition) is 0. The highest BCUT2D eigenvalue weighted by Gasteiger charge is 2.10. The summed E-state index contributed by atoms with van der Waals surface area (Å²) >= 11 is 3.58. The van der Waals surface area contributed by atoms with E-state index in [0.29, 0.717) is 6.73 Å². The third kappa shape index (κ3) is 3.74. The first kappa shape index (κ1) is 14.9. The van der Waals surface area contributed by atoms with Gasteiger partial charge in [-0.05, 0) is 53.3 Å². The van der Waals surface area contributed by atoms with Crippen LogP contribution in [0.1, 0.15) is 5.56 Å². The molecule has 0 unspecified atom stereocenters. The van der Waals surface area contributed by atoms with Crippen LogP contribution in [-0.2, 0) is 11.5 Å². The highest BCUT2D eigenvalue weighted by molar-refractivity contribution is 9.10. The summed E-state index contributed by atoms with van der Waals surface area (Å²) in [6.07, 6.45) is 10.9. The molecule has 0 aliphatic heterocycles. The van der Waals surface area contributed by atoms with Crippen LogP contribution in [0.3, 0.4) is 0 Å². The Hall–Kier alpha value is -0.520. The van der Waals surface area contributed by atoms with E-state index < -0.39 is 10.0 Å². The lowest BCUT2D eigenvalue weighted by molar-refractivity contribution is 0.0923. The highest BCUT2D eigenvalue weighted by Crippen LogP contribution is 2.33. The number of aromatic nitrogens is 2. The zero-order chi connectivity index (χ0) is 14.0. The summed E-state index contributed by atoms with van der Waals surface area (Å²) in [5.74, 6) is 1.14. The van der Waals surface area contributed by atoms with E-state index in [1.54, 1.807) is 0 Å². The van der Waals surface area contributed by atoms with Crippen LogP contribution in [0.2, 0.25) is 0 Å². The van der Waals surface area contributed by atoms with Gasteiger partial charge in [0.05, 0.1) is 6.61 Å². The topological polar surface area (TPSA) is 27.1 Å². The van der Waals surface area contributed by atoms with Gasteiger partial charge < -0.3 is 9.30 Å². The zero-order valence-corrected chi connectivity index (χ0v) is 14.3. The second kappa shape index (κ2) is 5.85. The summed E-state index contributed by atoms with van der Waals surface area (Å²) in [4.78, 5) is 4.45. The van der Waals surface area contributed by atoms with E-state index in [2.05, 4.69) is 57.4 Å². The molecule has 3 nitrogen and oxygen atoms in total. The molecule has 0 saturated carbocycles. The molecular weight excluding hydrogens is 324 g/mol. The van der Waals surface area contributed by atoms with Crippen LogP contribution in [0.5, 0.6) is 0 Å². The Morgan fingerprint density at radius 1 is 1.37 bits per heavy atom. The maximum Gasteiger partial charge on any atom is 0.143 e. The molecule has 0 saturated heterocycles. The molecule has 0 amide bonds. The smallest absolute Gasteiger partial charge is 0.143 e. The average molecular weight is 345 g/mol. The minimum atomic E-state index is -0.480. The molecule has 0 aliphatic rings. The van der Waals surface area contributed by atoms with E-state index in [-0.39, 0.29) is 0 Å². The van der Waals surface area contributed by atoms with Crippen LogP contribution in [-0.4, -0.2) is 40.7 Å². The molecule has 0 radical (unpaired) electrons. The van der Waals surface area contributed by atoms with Gasteiger partial charge in [0.1, 0.15) is 12.4 Å². The maximum absolute atomic E-state index is 5.79. The number of nitrogens with zero attached hydrogens (tertiary/aromatic N) is 2. The Balaban J connectivity index is 2.08. The first-order valence-corrected chi connectivity index (χ1v) is 10.0. The number of rotatable bonds is 5. The molecule has 0 fully saturated rings. The van der Waals surface area contributed by atoms with Crippen molar-refractivity contribution in [3.05, 3.63) is 28.5 Å². The van der Waals surface area contributed by atoms with Crippen molar-refractivity contribution in [2.75, 3.05) is 31.1 Å². The van der Waals surface area contributed by atoms with Crippen LogP contribution in [0.4, 0.5) is 0 Å². The summed E-state index contributed by atoms with van der Waals surface area (Å²) in [7, 11) is -0.480. The van der Waals surface area contributed by atoms with Gasteiger partial charge in [-0.3, -0.25) is 0 Å². The average Bonchev–Trinajstić information content (AvgIpc) is 2.62. The second-order valence-corrected chi connectivity index (χ2v) is 11.0. The molecular formula is C14H21BrN2OS. The number of fused-ring (bicyclic) bond motifs is 1. The number of aryl methyl sites for hydroxylation is 1. The number of pyridine rings is 1. The highest BCUT2D eigenvalue weighted by atomic mass is 79.9. The van der Waals surface area contributed by atoms with Gasteiger partial charge in [-0.2, -0.15) is 0 Å². The fourth-order valence-corrected chi connectivity index (χ4v) is 3.17. The molecule has 2 rings (SSSR count). The first-order valence-electron chi connectivity index (χ1n) is 6.22. The SMILES string of the molecule is Cc1cn(COCCS(C)(C)C)c2nccc(Br)c12. The van der Waals surface area contributed by atoms with Crippen LogP contribution in [0.15, 0.2) is 22.9 Å². The Kier molecular flexibility index (Phi) is 4.58. The summed E-state index contributed by atoms with van der Waals surface area (Å²) in [6.45, 7) is 3.49. The van der Waals surface area contributed by atoms with Crippen molar-refractivity contribution in [3.8, 4) is 0 Å². The second-order valence-electron chi connectivity index (χ2n) is 5.61. The molecule has 2 aromatic rings. The predicted molar refractivity (Wildman–Crippen MR) is 88.4 cm³/mol. The van der Waals surface area contributed by atoms with Gasteiger partial charge in [0.2, 0.25) is 0 Å². The van der Waals surface area contributed by atoms with E-state index >= 15 is 0 Å². The van der Waals surface area contributed by atoms with Gasteiger partial charge in [0.15, 0.2) is 0 Å². The largest absolute Gasteiger partial charge is 0.360 e. The molecule has 0 bridgehead atoms. The van der Waals surface area contributed by atoms with E-state index in [1.165, 1.54) is 10.9 Å². The number of ether oxygens (including phenoxy) is 1. The fourth-order valence-electron chi connectivity index (χ4n) is 1.94. The Morgan fingerprint density at radius 2 is 2.11 bits per heavy atom. The molecule has 0 aliphatic carbocycles. The monoisotopic (exact) mass is 344 g/mol. The Bertz CT molecular complexity index is 575. The van der Waals surface area contributed by atoms with Crippen LogP contribution >= 0.6 is 26.0 Å². The summed E-state index contributed by atoms with van der Waals surface area (Å²) in [5, 5.41) is 1.17. The van der Waals surface area contributed by atoms with Gasteiger partial charge >= 0.3 is 0 Å². The molecule has 2 heterocycles. The third-order valence-electron chi connectivity index (χ3n) is 2.97. The number of hydrogen-bond acceptors (Lipinski definition) is 2. The van der Waals surface area contributed by atoms with Gasteiger partial charge in [-0.1, -0.05) is 0 Å². The van der Waals surface area contributed by atoms with Crippen molar-refractivity contribution in [1.29, 1.82) is 0 Å². The zero-order valence-electron chi connectivity index (χ0n) is 11.9. The van der Waals surface area contributed by atoms with Crippen molar-refractivity contribution in [1.82, 2.24) is 9.55 Å². The minimum Gasteiger partial charge on any atom is -0.360 e. The molecule has 5 heteroatoms. The molecule has 2 aromatic heterocycles. The van der Waals surface area contributed by atoms with Crippen LogP contribution in [0.25, 0.3) is 11.0 Å². The van der Waals surface area contributed by atoms with Gasteiger partial charge in [0, 0.05) is 28.0 Å². The predicted octanol–water partition coefficient (Wildman–Crippen LogP) is 3.78. The lowest BCUT2D eigenvalue weighted by atomic mass is 10.2. The lowest BCUT2D eigenvalue weighted by Gasteiger charge is -2.24. The van der Waals surface area contributed by atoms with Gasteiger partial charge in [-0.15, -0.1) is 0 Å². The van der Waals surface area contributed by atoms with E-state index in [0.717, 1.165) is 22.5 Å². The summed E-state index contributed by atoms with van der Waals surface area (Å²) in [5.41, 5.74) is 2.20. The van der Waals surface area contributed by atoms with E-state index in [4.69, 9.17) is 4.74 Å². The van der Waals surface area contributed by atoms with Crippen molar-refractivity contribution >= 4 is 37.0 Å². The number of halogens is 1. The minimum absolute atomic E-state index is 0.480. The Labute approximate surface area is 124 Å². The summed E-state index contributed by atoms with van der Waals surface area (Å²) in [6, 6.07) is 1.98. The van der Waals surface area contributed by atoms with E-state index in [1.807, 2.05) is 12.3 Å². The third-order valence-corrected chi connectivity index (χ3v) is 5.02. The molecule has 0 spiro atoms. The summed E-state index contributed by atoms with van der Waals surface area (Å²) < 4.78 is 8.95. The van der Waals surface area contributed by atoms with Crippen molar-refractivity contribution in [2.24, 2.45) is 0 Å². The van der Waals surface area contributed by atoms with Crippen LogP contribution < -0.4 is 0 Å². The van der Waals surface area contributed by atoms with E-state index in [9.17, 15) is 0 Å². The van der Waals surface area contributed by atoms with Gasteiger partial charge in [-0.25, -0.2) is 15.0 Å². The Morgan fingerprint density at radius 3 is 2.79 bits per heavy atom. The fraction of sp³-hybridized carbons (Fsp3) is 0.500.